The molecule has 1 N–H and O–H groups in total. The number of urea groups is 1. The average Bonchev–Trinajstić information content (AvgIpc) is 3.38. The van der Waals surface area contributed by atoms with Crippen molar-refractivity contribution in [3.05, 3.63) is 82.7 Å². The van der Waals surface area contributed by atoms with Gasteiger partial charge in [-0.1, -0.05) is 38.1 Å². The molecule has 1 aliphatic carbocycles. The van der Waals surface area contributed by atoms with Crippen molar-refractivity contribution >= 4 is 29.4 Å². The second-order valence-corrected chi connectivity index (χ2v) is 11.4. The van der Waals surface area contributed by atoms with E-state index in [2.05, 4.69) is 11.4 Å². The zero-order chi connectivity index (χ0) is 30.3. The minimum Gasteiger partial charge on any atom is -0.497 e. The summed E-state index contributed by atoms with van der Waals surface area (Å²) in [6, 6.07) is 13.6. The molecule has 4 aliphatic rings. The summed E-state index contributed by atoms with van der Waals surface area (Å²) in [4.78, 5) is 34.5. The van der Waals surface area contributed by atoms with Crippen LogP contribution in [0.3, 0.4) is 0 Å². The molecule has 2 aromatic carbocycles. The zero-order valence-corrected chi connectivity index (χ0v) is 25.3. The molecule has 6 rings (SSSR count). The summed E-state index contributed by atoms with van der Waals surface area (Å²) in [5, 5.41) is 12.5. The summed E-state index contributed by atoms with van der Waals surface area (Å²) in [6.07, 6.45) is 3.70. The number of carbonyl (C=O) groups excluding carboxylic acids is 2. The molecule has 3 heterocycles. The highest BCUT2D eigenvalue weighted by Crippen LogP contribution is 2.50. The number of alkyl halides is 1. The van der Waals surface area contributed by atoms with Gasteiger partial charge in [-0.2, -0.15) is 5.26 Å². The highest BCUT2D eigenvalue weighted by Gasteiger charge is 2.56. The van der Waals surface area contributed by atoms with Crippen LogP contribution in [0.2, 0.25) is 0 Å². The number of hydrogen-bond donors (Lipinski definition) is 1. The van der Waals surface area contributed by atoms with Crippen molar-refractivity contribution in [2.75, 3.05) is 13.7 Å². The summed E-state index contributed by atoms with van der Waals surface area (Å²) < 4.78 is 11.6. The standard InChI is InChI=1S/C30H28ClN5O4.C2H6/c1-16(2)40-22-12-17(14-32)8-9-20(22)28-34-24(18-6-5-7-19(13-18)39-4)25-21-10-11-30(3,31)27-26(21)35(15-23(37)33-27)29(38)36(25)28;1-2/h5-13,16,21,24-25H,15H2,1-4H3,(H,33,37);1-2H3. The molecule has 218 valence electrons. The number of ether oxygens (including phenoxy) is 2. The first-order valence-corrected chi connectivity index (χ1v) is 14.5. The number of amidine groups is 1. The molecule has 42 heavy (non-hydrogen) atoms. The fourth-order valence-electron chi connectivity index (χ4n) is 5.91. The Bertz CT molecular complexity index is 1570. The zero-order valence-electron chi connectivity index (χ0n) is 24.5. The SMILES string of the molecule is CC.COc1cccc(C2N=C(c3ccc(C#N)cc3OC(C)C)N3C(=O)N4CC(=O)NC5=C4C(C=CC5(C)Cl)C23)c1. The van der Waals surface area contributed by atoms with Gasteiger partial charge in [0.2, 0.25) is 5.91 Å². The number of rotatable bonds is 5. The molecule has 1 saturated heterocycles. The van der Waals surface area contributed by atoms with E-state index in [-0.39, 0.29) is 30.5 Å². The number of amides is 3. The lowest BCUT2D eigenvalue weighted by molar-refractivity contribution is -0.122. The normalized spacial score (nSPS) is 25.6. The van der Waals surface area contributed by atoms with Gasteiger partial charge >= 0.3 is 6.03 Å². The number of nitriles is 1. The number of methoxy groups -OCH3 is 1. The van der Waals surface area contributed by atoms with E-state index >= 15 is 0 Å². The van der Waals surface area contributed by atoms with Gasteiger partial charge in [0.25, 0.3) is 0 Å². The van der Waals surface area contributed by atoms with Crippen molar-refractivity contribution < 1.29 is 19.1 Å². The Hall–Kier alpha value is -4.29. The van der Waals surface area contributed by atoms with Crippen LogP contribution in [-0.4, -0.2) is 58.2 Å². The van der Waals surface area contributed by atoms with Crippen molar-refractivity contribution in [1.82, 2.24) is 15.1 Å². The van der Waals surface area contributed by atoms with E-state index in [0.29, 0.717) is 39.9 Å². The molecule has 0 radical (unpaired) electrons. The number of nitrogens with zero attached hydrogens (tertiary/aromatic N) is 4. The molecule has 0 bridgehead atoms. The Morgan fingerprint density at radius 1 is 1.19 bits per heavy atom. The van der Waals surface area contributed by atoms with Crippen molar-refractivity contribution in [3.8, 4) is 17.6 Å². The van der Waals surface area contributed by atoms with Crippen LogP contribution < -0.4 is 14.8 Å². The molecule has 3 aliphatic heterocycles. The maximum Gasteiger partial charge on any atom is 0.330 e. The Morgan fingerprint density at radius 3 is 2.64 bits per heavy atom. The maximum atomic E-state index is 14.3. The number of allylic oxidation sites excluding steroid dienone is 1. The summed E-state index contributed by atoms with van der Waals surface area (Å²) in [5.74, 6) is 0.941. The first kappa shape index (κ1) is 29.2. The fourth-order valence-corrected chi connectivity index (χ4v) is 6.13. The number of benzene rings is 2. The van der Waals surface area contributed by atoms with Gasteiger partial charge in [0.15, 0.2) is 0 Å². The van der Waals surface area contributed by atoms with Crippen LogP contribution in [-0.2, 0) is 4.79 Å². The van der Waals surface area contributed by atoms with Crippen molar-refractivity contribution in [3.63, 3.8) is 0 Å². The van der Waals surface area contributed by atoms with Crippen LogP contribution >= 0.6 is 11.6 Å². The predicted molar refractivity (Wildman–Crippen MR) is 160 cm³/mol. The topological polar surface area (TPSA) is 107 Å². The monoisotopic (exact) mass is 587 g/mol. The predicted octanol–water partition coefficient (Wildman–Crippen LogP) is 5.51. The van der Waals surface area contributed by atoms with Crippen LogP contribution in [0.5, 0.6) is 11.5 Å². The van der Waals surface area contributed by atoms with Crippen molar-refractivity contribution in [2.24, 2.45) is 10.9 Å². The first-order chi connectivity index (χ1) is 20.1. The van der Waals surface area contributed by atoms with Gasteiger partial charge in [-0.05, 0) is 56.7 Å². The minimum atomic E-state index is -0.970. The van der Waals surface area contributed by atoms with E-state index in [4.69, 9.17) is 26.1 Å². The third-order valence-electron chi connectivity index (χ3n) is 7.60. The molecule has 3 amide bonds. The molecule has 10 heteroatoms. The summed E-state index contributed by atoms with van der Waals surface area (Å²) in [7, 11) is 1.61. The van der Waals surface area contributed by atoms with Gasteiger partial charge in [-0.15, -0.1) is 11.6 Å². The molecular formula is C32H34ClN5O4. The van der Waals surface area contributed by atoms with Crippen molar-refractivity contribution in [1.29, 1.82) is 5.26 Å². The Balaban J connectivity index is 0.00000173. The third-order valence-corrected chi connectivity index (χ3v) is 7.91. The van der Waals surface area contributed by atoms with Gasteiger partial charge < -0.3 is 14.8 Å². The molecule has 4 unspecified atom stereocenters. The van der Waals surface area contributed by atoms with E-state index in [1.807, 2.05) is 64.1 Å². The molecule has 0 aromatic heterocycles. The Labute approximate surface area is 251 Å². The molecule has 1 fully saturated rings. The average molecular weight is 588 g/mol. The number of fused-ring (bicyclic) bond motifs is 2. The van der Waals surface area contributed by atoms with E-state index in [9.17, 15) is 14.9 Å². The van der Waals surface area contributed by atoms with E-state index in [1.165, 1.54) is 4.90 Å². The van der Waals surface area contributed by atoms with E-state index < -0.39 is 17.0 Å². The Kier molecular flexibility index (Phi) is 7.78. The first-order valence-electron chi connectivity index (χ1n) is 14.1. The van der Waals surface area contributed by atoms with Gasteiger partial charge in [-0.25, -0.2) is 4.79 Å². The summed E-state index contributed by atoms with van der Waals surface area (Å²) >= 11 is 6.83. The molecule has 0 saturated carbocycles. The lowest BCUT2D eigenvalue weighted by Crippen LogP contribution is -2.64. The number of aliphatic imine (C=N–C) groups is 1. The highest BCUT2D eigenvalue weighted by molar-refractivity contribution is 6.27. The highest BCUT2D eigenvalue weighted by atomic mass is 35.5. The number of nitrogens with one attached hydrogen (secondary N) is 1. The van der Waals surface area contributed by atoms with Gasteiger partial charge in [0.05, 0.1) is 53.9 Å². The van der Waals surface area contributed by atoms with Gasteiger partial charge in [-0.3, -0.25) is 19.6 Å². The van der Waals surface area contributed by atoms with E-state index in [0.717, 1.165) is 5.56 Å². The van der Waals surface area contributed by atoms with Crippen LogP contribution in [0.15, 0.2) is 71.0 Å². The second-order valence-electron chi connectivity index (χ2n) is 10.7. The van der Waals surface area contributed by atoms with E-state index in [1.54, 1.807) is 37.1 Å². The number of halogens is 1. The summed E-state index contributed by atoms with van der Waals surface area (Å²) in [5.41, 5.74) is 3.11. The largest absolute Gasteiger partial charge is 0.497 e. The third kappa shape index (κ3) is 4.80. The lowest BCUT2D eigenvalue weighted by atomic mass is 9.78. The number of hydrogen-bond acceptors (Lipinski definition) is 6. The van der Waals surface area contributed by atoms with Crippen molar-refractivity contribution in [2.45, 2.75) is 57.7 Å². The number of carbonyl (C=O) groups is 2. The Morgan fingerprint density at radius 2 is 1.95 bits per heavy atom. The molecule has 2 aromatic rings. The summed E-state index contributed by atoms with van der Waals surface area (Å²) in [6.45, 7) is 9.47. The molecular weight excluding hydrogens is 554 g/mol. The quantitative estimate of drug-likeness (QED) is 0.366. The van der Waals surface area contributed by atoms with Crippen LogP contribution in [0.25, 0.3) is 0 Å². The maximum absolute atomic E-state index is 14.3. The van der Waals surface area contributed by atoms with Crippen LogP contribution in [0.1, 0.15) is 57.4 Å². The second kappa shape index (κ2) is 11.2. The van der Waals surface area contributed by atoms with Gasteiger partial charge in [0.1, 0.15) is 28.8 Å². The lowest BCUT2D eigenvalue weighted by Gasteiger charge is -2.50. The molecule has 4 atom stereocenters. The fraction of sp³-hybridized carbons (Fsp3) is 0.375. The smallest absolute Gasteiger partial charge is 0.330 e. The van der Waals surface area contributed by atoms with Crippen LogP contribution in [0, 0.1) is 17.2 Å². The minimum absolute atomic E-state index is 0.127. The van der Waals surface area contributed by atoms with Crippen LogP contribution in [0.4, 0.5) is 4.79 Å². The van der Waals surface area contributed by atoms with Gasteiger partial charge in [0, 0.05) is 5.92 Å². The molecule has 9 nitrogen and oxygen atoms in total. The molecule has 0 spiro atoms.